The number of rotatable bonds is 23. The van der Waals surface area contributed by atoms with Crippen LogP contribution in [0.5, 0.6) is 0 Å². The fraction of sp³-hybridized carbons (Fsp3) is 0.962. The first-order valence-corrected chi connectivity index (χ1v) is 27.1. The lowest BCUT2D eigenvalue weighted by molar-refractivity contribution is -0.160. The average Bonchev–Trinajstić information content (AvgIpc) is 3.14. The van der Waals surface area contributed by atoms with E-state index >= 15 is 0 Å². The topological polar surface area (TPSA) is 146 Å². The lowest BCUT2D eigenvalue weighted by Gasteiger charge is -2.53. The number of unbranched alkanes of at least 4 members (excludes halogenated alkanes) is 14. The first-order valence-electron chi connectivity index (χ1n) is 25.7. The van der Waals surface area contributed by atoms with E-state index in [1.165, 1.54) is 64.2 Å². The molecular formula is C52H104ClN3O9S. The molecule has 2 N–H and O–H groups in total. The molecule has 0 spiro atoms. The number of carbonyl (C=O) groups excluding carboxylic acids is 2. The molecule has 3 saturated heterocycles. The van der Waals surface area contributed by atoms with Gasteiger partial charge in [-0.1, -0.05) is 90.4 Å². The molecule has 3 aliphatic rings. The van der Waals surface area contributed by atoms with Crippen LogP contribution in [0.15, 0.2) is 0 Å². The van der Waals surface area contributed by atoms with Crippen molar-refractivity contribution in [2.45, 2.75) is 296 Å². The zero-order valence-corrected chi connectivity index (χ0v) is 47.0. The molecule has 3 heterocycles. The molecule has 0 bridgehead atoms. The van der Waals surface area contributed by atoms with Crippen molar-refractivity contribution in [1.82, 2.24) is 14.7 Å². The lowest BCUT2D eigenvalue weighted by atomic mass is 9.78. The van der Waals surface area contributed by atoms with Gasteiger partial charge in [-0.05, 0) is 136 Å². The van der Waals surface area contributed by atoms with Gasteiger partial charge < -0.3 is 14.2 Å². The molecule has 3 aliphatic heterocycles. The summed E-state index contributed by atoms with van der Waals surface area (Å²) < 4.78 is 49.5. The van der Waals surface area contributed by atoms with Crippen LogP contribution in [-0.2, 0) is 34.2 Å². The van der Waals surface area contributed by atoms with Crippen molar-refractivity contribution in [2.75, 3.05) is 27.7 Å². The highest BCUT2D eigenvalue weighted by atomic mass is 35.5. The van der Waals surface area contributed by atoms with Crippen molar-refractivity contribution in [3.8, 4) is 0 Å². The van der Waals surface area contributed by atoms with Crippen LogP contribution >= 0.6 is 12.4 Å². The molecule has 12 nitrogen and oxygen atoms in total. The molecule has 3 fully saturated rings. The minimum atomic E-state index is -4.67. The second-order valence-electron chi connectivity index (χ2n) is 23.7. The Kier molecular flexibility index (Phi) is 28.9. The Morgan fingerprint density at radius 1 is 0.455 bits per heavy atom. The number of ether oxygens (including phenoxy) is 3. The summed E-state index contributed by atoms with van der Waals surface area (Å²) in [7, 11) is 1.92. The molecule has 0 unspecified atom stereocenters. The molecule has 0 aliphatic carbocycles. The van der Waals surface area contributed by atoms with E-state index in [1.807, 2.05) is 0 Å². The summed E-state index contributed by atoms with van der Waals surface area (Å²) >= 11 is 0. The van der Waals surface area contributed by atoms with Gasteiger partial charge in [-0.2, -0.15) is 8.42 Å². The molecule has 0 aromatic rings. The standard InChI is InChI=1S/C30H56N2O4.C22H45NO.ClH.H2O4S/c1-27(2)19-23(20-28(3,4)31(27)9)35-25(33)17-15-13-11-12-14-16-18-26(34)36-24-21-29(5,6)32(10)30(7,8)22-24;1-7-8-9-10-11-12-13-14-15-16-17-24-20-18-21(2,3)23(6)22(4,5)19-20;;1-5(2,3)4/h23-24H,11-22H2,1-10H3;20H,7-19H2,1-6H3;1H;(H2,1,2,3,4). The number of hydrogen-bond acceptors (Lipinski definition) is 10. The zero-order chi connectivity index (χ0) is 49.9. The third-order valence-corrected chi connectivity index (χ3v) is 15.3. The van der Waals surface area contributed by atoms with Crippen LogP contribution in [0.4, 0.5) is 0 Å². The molecule has 0 atom stereocenters. The van der Waals surface area contributed by atoms with E-state index in [9.17, 15) is 9.59 Å². The molecule has 66 heavy (non-hydrogen) atoms. The van der Waals surface area contributed by atoms with Crippen molar-refractivity contribution >= 4 is 34.7 Å². The molecule has 14 heteroatoms. The van der Waals surface area contributed by atoms with Crippen molar-refractivity contribution < 1.29 is 41.3 Å². The molecule has 3 rings (SSSR count). The van der Waals surface area contributed by atoms with Gasteiger partial charge in [0, 0.05) is 78.4 Å². The Bertz CT molecular complexity index is 1360. The van der Waals surface area contributed by atoms with E-state index in [0.717, 1.165) is 83.7 Å². The normalized spacial score (nSPS) is 21.9. The highest BCUT2D eigenvalue weighted by Gasteiger charge is 2.46. The Morgan fingerprint density at radius 2 is 0.682 bits per heavy atom. The van der Waals surface area contributed by atoms with Gasteiger partial charge >= 0.3 is 22.3 Å². The van der Waals surface area contributed by atoms with Gasteiger partial charge in [-0.15, -0.1) is 12.4 Å². The first-order chi connectivity index (χ1) is 29.8. The third-order valence-electron chi connectivity index (χ3n) is 15.3. The smallest absolute Gasteiger partial charge is 0.394 e. The molecule has 0 saturated carbocycles. The lowest BCUT2D eigenvalue weighted by Crippen LogP contribution is -2.60. The van der Waals surface area contributed by atoms with Gasteiger partial charge in [0.1, 0.15) is 12.2 Å². The molecular weight excluding hydrogens is 878 g/mol. The first kappa shape index (κ1) is 64.9. The summed E-state index contributed by atoms with van der Waals surface area (Å²) in [6.45, 7) is 30.5. The Balaban J connectivity index is 0.00000122. The Hall–Kier alpha value is -1.06. The van der Waals surface area contributed by atoms with Crippen LogP contribution < -0.4 is 0 Å². The van der Waals surface area contributed by atoms with Crippen LogP contribution in [-0.4, -0.2) is 123 Å². The second kappa shape index (κ2) is 29.3. The Labute approximate surface area is 412 Å². The van der Waals surface area contributed by atoms with Gasteiger partial charge in [0.15, 0.2) is 0 Å². The number of likely N-dealkylation sites (tertiary alicyclic amines) is 3. The van der Waals surface area contributed by atoms with Gasteiger partial charge in [0.05, 0.1) is 6.10 Å². The van der Waals surface area contributed by atoms with Crippen molar-refractivity contribution in [2.24, 2.45) is 0 Å². The van der Waals surface area contributed by atoms with Crippen LogP contribution in [0.25, 0.3) is 0 Å². The van der Waals surface area contributed by atoms with Gasteiger partial charge in [-0.3, -0.25) is 33.4 Å². The quantitative estimate of drug-likeness (QED) is 0.0571. The summed E-state index contributed by atoms with van der Waals surface area (Å²) in [4.78, 5) is 32.1. The SMILES string of the molecule is CCCCCCCCCCCCOC1CC(C)(C)N(C)C(C)(C)C1.CN1C(C)(C)CC(OC(=O)CCCCCCCCC(=O)OC2CC(C)(C)N(C)C(C)(C)C2)CC1(C)C.Cl.O=S(=O)(O)O. The third kappa shape index (κ3) is 25.7. The predicted molar refractivity (Wildman–Crippen MR) is 275 cm³/mol. The highest BCUT2D eigenvalue weighted by molar-refractivity contribution is 7.79. The predicted octanol–water partition coefficient (Wildman–Crippen LogP) is 12.8. The highest BCUT2D eigenvalue weighted by Crippen LogP contribution is 2.40. The maximum atomic E-state index is 12.4. The molecule has 0 aromatic heterocycles. The van der Waals surface area contributed by atoms with Gasteiger partial charge in [-0.25, -0.2) is 0 Å². The fourth-order valence-electron chi connectivity index (χ4n) is 10.7. The van der Waals surface area contributed by atoms with Crippen molar-refractivity contribution in [3.63, 3.8) is 0 Å². The van der Waals surface area contributed by atoms with Crippen molar-refractivity contribution in [3.05, 3.63) is 0 Å². The second-order valence-corrected chi connectivity index (χ2v) is 24.6. The summed E-state index contributed by atoms with van der Waals surface area (Å²) in [5.74, 6) is -0.113. The van der Waals surface area contributed by atoms with E-state index in [4.69, 9.17) is 31.7 Å². The summed E-state index contributed by atoms with van der Waals surface area (Å²) in [6.07, 6.45) is 27.2. The number of carbonyl (C=O) groups is 2. The molecule has 0 radical (unpaired) electrons. The fourth-order valence-corrected chi connectivity index (χ4v) is 10.7. The summed E-state index contributed by atoms with van der Waals surface area (Å²) in [5, 5.41) is 0. The molecule has 0 aromatic carbocycles. The number of nitrogens with zero attached hydrogens (tertiary/aromatic N) is 3. The average molecular weight is 983 g/mol. The number of hydrogen-bond donors (Lipinski definition) is 2. The van der Waals surface area contributed by atoms with Crippen LogP contribution in [0, 0.1) is 0 Å². The van der Waals surface area contributed by atoms with E-state index in [1.54, 1.807) is 0 Å². The molecule has 0 amide bonds. The van der Waals surface area contributed by atoms with Crippen LogP contribution in [0.3, 0.4) is 0 Å². The van der Waals surface area contributed by atoms with Crippen LogP contribution in [0.1, 0.15) is 244 Å². The summed E-state index contributed by atoms with van der Waals surface area (Å²) in [5.41, 5.74) is 0.589. The van der Waals surface area contributed by atoms with Crippen LogP contribution in [0.2, 0.25) is 0 Å². The minimum Gasteiger partial charge on any atom is -0.462 e. The minimum absolute atomic E-state index is 0. The monoisotopic (exact) mass is 982 g/mol. The van der Waals surface area contributed by atoms with Gasteiger partial charge in [0.25, 0.3) is 0 Å². The van der Waals surface area contributed by atoms with Crippen molar-refractivity contribution in [1.29, 1.82) is 0 Å². The van der Waals surface area contributed by atoms with Gasteiger partial charge in [0.2, 0.25) is 0 Å². The largest absolute Gasteiger partial charge is 0.462 e. The summed E-state index contributed by atoms with van der Waals surface area (Å²) in [6, 6.07) is 0. The Morgan fingerprint density at radius 3 is 0.955 bits per heavy atom. The van der Waals surface area contributed by atoms with E-state index < -0.39 is 10.4 Å². The van der Waals surface area contributed by atoms with E-state index in [0.29, 0.717) is 18.9 Å². The maximum absolute atomic E-state index is 12.4. The molecule has 394 valence electrons. The maximum Gasteiger partial charge on any atom is 0.394 e. The number of halogens is 1. The van der Waals surface area contributed by atoms with E-state index in [-0.39, 0.29) is 69.8 Å². The van der Waals surface area contributed by atoms with E-state index in [2.05, 4.69) is 126 Å². The zero-order valence-electron chi connectivity index (χ0n) is 45.3. The number of piperidine rings is 3. The number of esters is 2.